The summed E-state index contributed by atoms with van der Waals surface area (Å²) < 4.78 is 0.841. The molecule has 0 radical (unpaired) electrons. The van der Waals surface area contributed by atoms with E-state index in [0.29, 0.717) is 18.5 Å². The van der Waals surface area contributed by atoms with Gasteiger partial charge < -0.3 is 5.11 Å². The fourth-order valence-corrected chi connectivity index (χ4v) is 1.70. The summed E-state index contributed by atoms with van der Waals surface area (Å²) in [6.45, 7) is 0. The Morgan fingerprint density at radius 1 is 1.64 bits per heavy atom. The Labute approximate surface area is 92.5 Å². The number of aromatic nitrogens is 1. The summed E-state index contributed by atoms with van der Waals surface area (Å²) in [4.78, 5) is 4.11. The molecule has 0 fully saturated rings. The average molecular weight is 254 g/mol. The Kier molecular flexibility index (Phi) is 4.64. The molecule has 1 atom stereocenters. The molecular weight excluding hydrogens is 242 g/mol. The van der Waals surface area contributed by atoms with Crippen LogP contribution in [0.4, 0.5) is 0 Å². The van der Waals surface area contributed by atoms with Crippen molar-refractivity contribution in [3.8, 4) is 12.3 Å². The standard InChI is InChI=1S/C11H12BrNO/c1-2-3-4-7-10(14)11-9(12)6-5-8-13-11/h1,5-6,8,10,14H,3-4,7H2. The molecule has 1 heterocycles. The third-order valence-corrected chi connectivity index (χ3v) is 2.57. The maximum absolute atomic E-state index is 9.77. The maximum Gasteiger partial charge on any atom is 0.0971 e. The van der Waals surface area contributed by atoms with E-state index in [4.69, 9.17) is 6.42 Å². The van der Waals surface area contributed by atoms with Gasteiger partial charge in [0.2, 0.25) is 0 Å². The number of terminal acetylenes is 1. The van der Waals surface area contributed by atoms with Crippen LogP contribution in [-0.4, -0.2) is 10.1 Å². The molecular formula is C11H12BrNO. The number of rotatable bonds is 4. The Bertz CT molecular complexity index is 332. The molecule has 0 aliphatic rings. The second-order valence-electron chi connectivity index (χ2n) is 2.98. The quantitative estimate of drug-likeness (QED) is 0.662. The molecule has 1 aromatic rings. The molecule has 0 aliphatic heterocycles. The van der Waals surface area contributed by atoms with Crippen LogP contribution < -0.4 is 0 Å². The predicted molar refractivity (Wildman–Crippen MR) is 59.6 cm³/mol. The molecule has 1 rings (SSSR count). The van der Waals surface area contributed by atoms with E-state index < -0.39 is 6.10 Å². The summed E-state index contributed by atoms with van der Waals surface area (Å²) in [6.07, 6.45) is 8.44. The van der Waals surface area contributed by atoms with E-state index in [0.717, 1.165) is 10.9 Å². The normalized spacial score (nSPS) is 12.1. The van der Waals surface area contributed by atoms with E-state index in [-0.39, 0.29) is 0 Å². The summed E-state index contributed by atoms with van der Waals surface area (Å²) in [5, 5.41) is 9.77. The lowest BCUT2D eigenvalue weighted by Crippen LogP contribution is -2.01. The van der Waals surface area contributed by atoms with Crippen LogP contribution in [0.3, 0.4) is 0 Å². The van der Waals surface area contributed by atoms with Crippen LogP contribution in [0.5, 0.6) is 0 Å². The zero-order chi connectivity index (χ0) is 10.4. The van der Waals surface area contributed by atoms with Crippen LogP contribution in [0.1, 0.15) is 31.1 Å². The van der Waals surface area contributed by atoms with Crippen LogP contribution in [0.2, 0.25) is 0 Å². The van der Waals surface area contributed by atoms with Gasteiger partial charge in [0.15, 0.2) is 0 Å². The van der Waals surface area contributed by atoms with Gasteiger partial charge in [-0.3, -0.25) is 4.98 Å². The number of halogens is 1. The molecule has 14 heavy (non-hydrogen) atoms. The van der Waals surface area contributed by atoms with Gasteiger partial charge in [0, 0.05) is 17.1 Å². The Morgan fingerprint density at radius 3 is 3.07 bits per heavy atom. The van der Waals surface area contributed by atoms with E-state index in [1.807, 2.05) is 12.1 Å². The van der Waals surface area contributed by atoms with Crippen molar-refractivity contribution < 1.29 is 5.11 Å². The van der Waals surface area contributed by atoms with Gasteiger partial charge in [-0.25, -0.2) is 0 Å². The number of nitrogens with zero attached hydrogens (tertiary/aromatic N) is 1. The minimum atomic E-state index is -0.529. The van der Waals surface area contributed by atoms with E-state index in [2.05, 4.69) is 26.8 Å². The molecule has 0 bridgehead atoms. The van der Waals surface area contributed by atoms with E-state index in [1.165, 1.54) is 0 Å². The van der Waals surface area contributed by atoms with Gasteiger partial charge in [0.25, 0.3) is 0 Å². The molecule has 0 saturated carbocycles. The van der Waals surface area contributed by atoms with Crippen LogP contribution in [0.15, 0.2) is 22.8 Å². The van der Waals surface area contributed by atoms with Crippen molar-refractivity contribution in [2.24, 2.45) is 0 Å². The fraction of sp³-hybridized carbons (Fsp3) is 0.364. The minimum Gasteiger partial charge on any atom is -0.387 e. The SMILES string of the molecule is C#CCCCC(O)c1ncccc1Br. The zero-order valence-corrected chi connectivity index (χ0v) is 9.37. The number of hydrogen-bond donors (Lipinski definition) is 1. The van der Waals surface area contributed by atoms with E-state index >= 15 is 0 Å². The topological polar surface area (TPSA) is 33.1 Å². The summed E-state index contributed by atoms with van der Waals surface area (Å²) in [7, 11) is 0. The molecule has 0 saturated heterocycles. The molecule has 2 nitrogen and oxygen atoms in total. The van der Waals surface area contributed by atoms with Gasteiger partial charge >= 0.3 is 0 Å². The molecule has 1 N–H and O–H groups in total. The lowest BCUT2D eigenvalue weighted by molar-refractivity contribution is 0.159. The van der Waals surface area contributed by atoms with Crippen molar-refractivity contribution in [3.63, 3.8) is 0 Å². The van der Waals surface area contributed by atoms with Crippen molar-refractivity contribution in [3.05, 3.63) is 28.5 Å². The number of hydrogen-bond acceptors (Lipinski definition) is 2. The number of aliphatic hydroxyl groups excluding tert-OH is 1. The van der Waals surface area contributed by atoms with Gasteiger partial charge in [-0.2, -0.15) is 0 Å². The van der Waals surface area contributed by atoms with Crippen molar-refractivity contribution in [1.82, 2.24) is 4.98 Å². The Hall–Kier alpha value is -0.850. The summed E-state index contributed by atoms with van der Waals surface area (Å²) in [5.74, 6) is 2.55. The molecule has 0 aromatic carbocycles. The highest BCUT2D eigenvalue weighted by Gasteiger charge is 2.11. The fourth-order valence-electron chi connectivity index (χ4n) is 1.18. The first-order chi connectivity index (χ1) is 6.75. The second-order valence-corrected chi connectivity index (χ2v) is 3.84. The number of aliphatic hydroxyl groups is 1. The third-order valence-electron chi connectivity index (χ3n) is 1.90. The summed E-state index contributed by atoms with van der Waals surface area (Å²) in [6, 6.07) is 3.69. The first kappa shape index (κ1) is 11.2. The maximum atomic E-state index is 9.77. The largest absolute Gasteiger partial charge is 0.387 e. The van der Waals surface area contributed by atoms with Gasteiger partial charge in [-0.1, -0.05) is 0 Å². The Morgan fingerprint density at radius 2 is 2.43 bits per heavy atom. The van der Waals surface area contributed by atoms with Crippen molar-refractivity contribution in [2.75, 3.05) is 0 Å². The minimum absolute atomic E-state index is 0.529. The lowest BCUT2D eigenvalue weighted by atomic mass is 10.1. The van der Waals surface area contributed by atoms with Crippen molar-refractivity contribution >= 4 is 15.9 Å². The van der Waals surface area contributed by atoms with Gasteiger partial charge in [0.1, 0.15) is 0 Å². The number of unbranched alkanes of at least 4 members (excludes halogenated alkanes) is 1. The predicted octanol–water partition coefficient (Wildman–Crippen LogP) is 2.68. The molecule has 0 spiro atoms. The smallest absolute Gasteiger partial charge is 0.0971 e. The van der Waals surface area contributed by atoms with E-state index in [9.17, 15) is 5.11 Å². The molecule has 1 aromatic heterocycles. The van der Waals surface area contributed by atoms with Crippen molar-refractivity contribution in [1.29, 1.82) is 0 Å². The molecule has 0 aliphatic carbocycles. The Balaban J connectivity index is 2.57. The molecule has 3 heteroatoms. The van der Waals surface area contributed by atoms with Crippen molar-refractivity contribution in [2.45, 2.75) is 25.4 Å². The molecule has 0 amide bonds. The summed E-state index contributed by atoms with van der Waals surface area (Å²) >= 11 is 3.34. The van der Waals surface area contributed by atoms with Gasteiger partial charge in [-0.05, 0) is 40.9 Å². The first-order valence-electron chi connectivity index (χ1n) is 4.47. The third kappa shape index (κ3) is 3.13. The first-order valence-corrected chi connectivity index (χ1v) is 5.27. The highest BCUT2D eigenvalue weighted by molar-refractivity contribution is 9.10. The highest BCUT2D eigenvalue weighted by Crippen LogP contribution is 2.24. The monoisotopic (exact) mass is 253 g/mol. The zero-order valence-electron chi connectivity index (χ0n) is 7.78. The molecule has 1 unspecified atom stereocenters. The van der Waals surface area contributed by atoms with Crippen LogP contribution in [0.25, 0.3) is 0 Å². The van der Waals surface area contributed by atoms with Gasteiger partial charge in [-0.15, -0.1) is 12.3 Å². The summed E-state index contributed by atoms with van der Waals surface area (Å²) in [5.41, 5.74) is 0.685. The van der Waals surface area contributed by atoms with Gasteiger partial charge in [0.05, 0.1) is 11.8 Å². The van der Waals surface area contributed by atoms with Crippen LogP contribution in [0, 0.1) is 12.3 Å². The lowest BCUT2D eigenvalue weighted by Gasteiger charge is -2.10. The van der Waals surface area contributed by atoms with Crippen LogP contribution in [-0.2, 0) is 0 Å². The second kappa shape index (κ2) is 5.79. The van der Waals surface area contributed by atoms with E-state index in [1.54, 1.807) is 6.20 Å². The highest BCUT2D eigenvalue weighted by atomic mass is 79.9. The number of pyridine rings is 1. The van der Waals surface area contributed by atoms with Crippen LogP contribution >= 0.6 is 15.9 Å². The average Bonchev–Trinajstić information content (AvgIpc) is 2.18. The molecule has 74 valence electrons.